The van der Waals surface area contributed by atoms with Crippen molar-refractivity contribution in [3.05, 3.63) is 52.0 Å². The summed E-state index contributed by atoms with van der Waals surface area (Å²) < 4.78 is 16.4. The lowest BCUT2D eigenvalue weighted by atomic mass is 10.0. The van der Waals surface area contributed by atoms with Crippen molar-refractivity contribution in [2.24, 2.45) is 0 Å². The Bertz CT molecular complexity index is 1100. The minimum Gasteiger partial charge on any atom is -0.491 e. The standard InChI is InChI=1S/C21H23N3O5/c1-12(2)27-15-8-7-14-10-16(21(26)28-18(14)11-15)20(25)24-9-5-4-6-17(24)19-22-13(3)23-29-19/h7-8,10-12,17H,4-6,9H2,1-3H3. The molecule has 0 bridgehead atoms. The third-order valence-corrected chi connectivity index (χ3v) is 4.90. The fourth-order valence-electron chi connectivity index (χ4n) is 3.62. The molecule has 8 heteroatoms. The Morgan fingerprint density at radius 2 is 2.10 bits per heavy atom. The molecule has 1 fully saturated rings. The zero-order chi connectivity index (χ0) is 20.5. The number of benzene rings is 1. The van der Waals surface area contributed by atoms with E-state index in [1.165, 1.54) is 0 Å². The van der Waals surface area contributed by atoms with Gasteiger partial charge in [0.1, 0.15) is 22.9 Å². The number of ether oxygens (including phenoxy) is 1. The Morgan fingerprint density at radius 3 is 2.83 bits per heavy atom. The molecule has 0 spiro atoms. The minimum atomic E-state index is -0.671. The molecular formula is C21H23N3O5. The van der Waals surface area contributed by atoms with Gasteiger partial charge in [0.05, 0.1) is 6.10 Å². The quantitative estimate of drug-likeness (QED) is 0.620. The van der Waals surface area contributed by atoms with Crippen LogP contribution in [0.1, 0.15) is 61.2 Å². The van der Waals surface area contributed by atoms with Crippen LogP contribution >= 0.6 is 0 Å². The lowest BCUT2D eigenvalue weighted by Crippen LogP contribution is -2.40. The summed E-state index contributed by atoms with van der Waals surface area (Å²) in [7, 11) is 0. The van der Waals surface area contributed by atoms with Gasteiger partial charge in [0.15, 0.2) is 5.82 Å². The van der Waals surface area contributed by atoms with Gasteiger partial charge >= 0.3 is 5.63 Å². The predicted octanol–water partition coefficient (Wildman–Crippen LogP) is 3.64. The number of amides is 1. The van der Waals surface area contributed by atoms with E-state index in [0.29, 0.717) is 41.4 Å². The van der Waals surface area contributed by atoms with Gasteiger partial charge in [0.2, 0.25) is 5.89 Å². The molecule has 3 aromatic rings. The predicted molar refractivity (Wildman–Crippen MR) is 105 cm³/mol. The molecule has 0 radical (unpaired) electrons. The highest BCUT2D eigenvalue weighted by molar-refractivity contribution is 5.97. The van der Waals surface area contributed by atoms with Gasteiger partial charge in [-0.05, 0) is 58.2 Å². The van der Waals surface area contributed by atoms with Gasteiger partial charge < -0.3 is 18.6 Å². The van der Waals surface area contributed by atoms with Crippen LogP contribution < -0.4 is 10.4 Å². The molecule has 1 saturated heterocycles. The summed E-state index contributed by atoms with van der Waals surface area (Å²) in [5.41, 5.74) is -0.291. The van der Waals surface area contributed by atoms with Crippen molar-refractivity contribution in [3.8, 4) is 5.75 Å². The second-order valence-electron chi connectivity index (χ2n) is 7.50. The zero-order valence-electron chi connectivity index (χ0n) is 16.7. The summed E-state index contributed by atoms with van der Waals surface area (Å²) in [5.74, 6) is 1.14. The highest BCUT2D eigenvalue weighted by atomic mass is 16.5. The van der Waals surface area contributed by atoms with E-state index in [9.17, 15) is 9.59 Å². The summed E-state index contributed by atoms with van der Waals surface area (Å²) in [4.78, 5) is 31.7. The van der Waals surface area contributed by atoms with E-state index >= 15 is 0 Å². The number of hydrogen-bond donors (Lipinski definition) is 0. The number of carbonyl (C=O) groups excluding carboxylic acids is 1. The number of carbonyl (C=O) groups is 1. The van der Waals surface area contributed by atoms with Crippen molar-refractivity contribution >= 4 is 16.9 Å². The second kappa shape index (κ2) is 7.69. The molecule has 2 aromatic heterocycles. The zero-order valence-corrected chi connectivity index (χ0v) is 16.7. The first-order chi connectivity index (χ1) is 13.9. The Morgan fingerprint density at radius 1 is 1.28 bits per heavy atom. The Labute approximate surface area is 167 Å². The van der Waals surface area contributed by atoms with Crippen LogP contribution in [-0.2, 0) is 0 Å². The number of rotatable bonds is 4. The Hall–Kier alpha value is -3.16. The summed E-state index contributed by atoms with van der Waals surface area (Å²) in [6, 6.07) is 6.47. The Kier molecular flexibility index (Phi) is 5.08. The van der Waals surface area contributed by atoms with Crippen molar-refractivity contribution < 1.29 is 18.5 Å². The Balaban J connectivity index is 1.68. The average molecular weight is 397 g/mol. The van der Waals surface area contributed by atoms with Gasteiger partial charge in [-0.2, -0.15) is 4.98 Å². The highest BCUT2D eigenvalue weighted by Gasteiger charge is 2.33. The van der Waals surface area contributed by atoms with Crippen molar-refractivity contribution in [2.45, 2.75) is 52.2 Å². The molecule has 8 nitrogen and oxygen atoms in total. The van der Waals surface area contributed by atoms with Gasteiger partial charge in [-0.3, -0.25) is 4.79 Å². The van der Waals surface area contributed by atoms with Crippen molar-refractivity contribution in [1.82, 2.24) is 15.0 Å². The van der Waals surface area contributed by atoms with Crippen LogP contribution in [0.4, 0.5) is 0 Å². The van der Waals surface area contributed by atoms with E-state index in [1.807, 2.05) is 13.8 Å². The summed E-state index contributed by atoms with van der Waals surface area (Å²) in [5, 5.41) is 4.49. The van der Waals surface area contributed by atoms with Gasteiger partial charge in [-0.1, -0.05) is 5.16 Å². The molecule has 1 unspecified atom stereocenters. The van der Waals surface area contributed by atoms with Crippen molar-refractivity contribution in [2.75, 3.05) is 6.54 Å². The summed E-state index contributed by atoms with van der Waals surface area (Å²) in [6.45, 7) is 6.09. The maximum Gasteiger partial charge on any atom is 0.349 e. The van der Waals surface area contributed by atoms with Crippen LogP contribution in [0.5, 0.6) is 5.75 Å². The number of piperidine rings is 1. The van der Waals surface area contributed by atoms with E-state index < -0.39 is 5.63 Å². The van der Waals surface area contributed by atoms with E-state index in [2.05, 4.69) is 10.1 Å². The number of aromatic nitrogens is 2. The third kappa shape index (κ3) is 3.87. The largest absolute Gasteiger partial charge is 0.491 e. The first-order valence-corrected chi connectivity index (χ1v) is 9.78. The molecule has 0 saturated carbocycles. The molecule has 1 atom stereocenters. The van der Waals surface area contributed by atoms with Gasteiger partial charge in [-0.25, -0.2) is 4.79 Å². The maximum atomic E-state index is 13.2. The minimum absolute atomic E-state index is 0.00170. The number of aryl methyl sites for hydroxylation is 1. The van der Waals surface area contributed by atoms with Crippen molar-refractivity contribution in [1.29, 1.82) is 0 Å². The molecule has 1 aromatic carbocycles. The number of nitrogens with zero attached hydrogens (tertiary/aromatic N) is 3. The molecular weight excluding hydrogens is 374 g/mol. The monoisotopic (exact) mass is 397 g/mol. The fourth-order valence-corrected chi connectivity index (χ4v) is 3.62. The molecule has 1 aliphatic rings. The van der Waals surface area contributed by atoms with Crippen LogP contribution in [0.15, 0.2) is 38.0 Å². The first kappa shape index (κ1) is 19.2. The first-order valence-electron chi connectivity index (χ1n) is 9.78. The maximum absolute atomic E-state index is 13.2. The van der Waals surface area contributed by atoms with E-state index in [4.69, 9.17) is 13.7 Å². The number of hydrogen-bond acceptors (Lipinski definition) is 7. The SMILES string of the molecule is Cc1noc(C2CCCCN2C(=O)c2cc3ccc(OC(C)C)cc3oc2=O)n1. The molecule has 0 N–H and O–H groups in total. The van der Waals surface area contributed by atoms with Crippen LogP contribution in [0.2, 0.25) is 0 Å². The van der Waals surface area contributed by atoms with E-state index in [1.54, 1.807) is 36.1 Å². The van der Waals surface area contributed by atoms with Gasteiger partial charge in [0, 0.05) is 18.0 Å². The van der Waals surface area contributed by atoms with Crippen LogP contribution in [-0.4, -0.2) is 33.6 Å². The number of fused-ring (bicyclic) bond motifs is 1. The third-order valence-electron chi connectivity index (χ3n) is 4.90. The average Bonchev–Trinajstić information content (AvgIpc) is 3.12. The molecule has 152 valence electrons. The van der Waals surface area contributed by atoms with Gasteiger partial charge in [-0.15, -0.1) is 0 Å². The lowest BCUT2D eigenvalue weighted by Gasteiger charge is -2.33. The second-order valence-corrected chi connectivity index (χ2v) is 7.50. The fraction of sp³-hybridized carbons (Fsp3) is 0.429. The summed E-state index contributed by atoms with van der Waals surface area (Å²) in [6.07, 6.45) is 2.51. The molecule has 3 heterocycles. The normalized spacial score (nSPS) is 17.1. The van der Waals surface area contributed by atoms with Crippen molar-refractivity contribution in [3.63, 3.8) is 0 Å². The van der Waals surface area contributed by atoms with E-state index in [0.717, 1.165) is 12.8 Å². The topological polar surface area (TPSA) is 98.7 Å². The van der Waals surface area contributed by atoms with Crippen LogP contribution in [0.3, 0.4) is 0 Å². The molecule has 29 heavy (non-hydrogen) atoms. The molecule has 1 amide bonds. The van der Waals surface area contributed by atoms with Crippen LogP contribution in [0.25, 0.3) is 11.0 Å². The molecule has 0 aliphatic carbocycles. The number of likely N-dealkylation sites (tertiary alicyclic amines) is 1. The molecule has 4 rings (SSSR count). The van der Waals surface area contributed by atoms with E-state index in [-0.39, 0.29) is 23.6 Å². The summed E-state index contributed by atoms with van der Waals surface area (Å²) >= 11 is 0. The lowest BCUT2D eigenvalue weighted by molar-refractivity contribution is 0.0557. The van der Waals surface area contributed by atoms with Gasteiger partial charge in [0.25, 0.3) is 5.91 Å². The van der Waals surface area contributed by atoms with Crippen LogP contribution in [0, 0.1) is 6.92 Å². The molecule has 1 aliphatic heterocycles. The smallest absolute Gasteiger partial charge is 0.349 e. The highest BCUT2D eigenvalue weighted by Crippen LogP contribution is 2.31.